The van der Waals surface area contributed by atoms with Gasteiger partial charge in [0.05, 0.1) is 0 Å². The largest absolute Gasteiger partial charge is 0.491 e. The molecule has 4 heteroatoms. The minimum atomic E-state index is -0.450. The van der Waals surface area contributed by atoms with Gasteiger partial charge in [-0.3, -0.25) is 0 Å². The molecular weight excluding hydrogens is 282 g/mol. The van der Waals surface area contributed by atoms with Crippen LogP contribution in [-0.2, 0) is 0 Å². The number of aliphatic hydroxyl groups is 1. The van der Waals surface area contributed by atoms with Crippen LogP contribution >= 0.6 is 15.9 Å². The van der Waals surface area contributed by atoms with Crippen LogP contribution in [0.4, 0.5) is 0 Å². The first-order valence-electron chi connectivity index (χ1n) is 5.95. The van der Waals surface area contributed by atoms with Gasteiger partial charge >= 0.3 is 0 Å². The first-order valence-corrected chi connectivity index (χ1v) is 6.75. The van der Waals surface area contributed by atoms with Gasteiger partial charge in [0.15, 0.2) is 0 Å². The average Bonchev–Trinajstić information content (AvgIpc) is 3.11. The number of halogens is 1. The molecule has 1 atom stereocenters. The molecule has 0 bridgehead atoms. The Bertz CT molecular complexity index is 380. The van der Waals surface area contributed by atoms with E-state index >= 15 is 0 Å². The van der Waals surface area contributed by atoms with Crippen LogP contribution < -0.4 is 10.1 Å². The molecule has 1 fully saturated rings. The molecule has 2 N–H and O–H groups in total. The number of hydrogen-bond donors (Lipinski definition) is 2. The molecule has 1 saturated carbocycles. The number of ether oxygens (including phenoxy) is 1. The SMILES string of the molecule is Cc1ccc(Br)cc1OCC(O)CNC1CC1. The van der Waals surface area contributed by atoms with Crippen molar-refractivity contribution >= 4 is 15.9 Å². The third-order valence-electron chi connectivity index (χ3n) is 2.80. The molecule has 0 aliphatic heterocycles. The summed E-state index contributed by atoms with van der Waals surface area (Å²) in [5.74, 6) is 0.824. The Morgan fingerprint density at radius 2 is 2.29 bits per heavy atom. The Balaban J connectivity index is 1.77. The van der Waals surface area contributed by atoms with Gasteiger partial charge in [-0.2, -0.15) is 0 Å². The van der Waals surface area contributed by atoms with Gasteiger partial charge in [0, 0.05) is 17.1 Å². The third kappa shape index (κ3) is 4.30. The van der Waals surface area contributed by atoms with E-state index in [2.05, 4.69) is 21.2 Å². The molecule has 1 aromatic carbocycles. The molecule has 0 amide bonds. The molecule has 94 valence electrons. The average molecular weight is 300 g/mol. The second-order valence-corrected chi connectivity index (χ2v) is 5.47. The number of aryl methyl sites for hydroxylation is 1. The predicted octanol–water partition coefficient (Wildman–Crippen LogP) is 2.25. The van der Waals surface area contributed by atoms with E-state index in [0.717, 1.165) is 15.8 Å². The maximum absolute atomic E-state index is 9.75. The van der Waals surface area contributed by atoms with E-state index in [0.29, 0.717) is 19.2 Å². The lowest BCUT2D eigenvalue weighted by atomic mass is 10.2. The van der Waals surface area contributed by atoms with Crippen molar-refractivity contribution in [2.75, 3.05) is 13.2 Å². The van der Waals surface area contributed by atoms with Crippen LogP contribution in [0.25, 0.3) is 0 Å². The summed E-state index contributed by atoms with van der Waals surface area (Å²) < 4.78 is 6.60. The highest BCUT2D eigenvalue weighted by molar-refractivity contribution is 9.10. The lowest BCUT2D eigenvalue weighted by Crippen LogP contribution is -2.32. The van der Waals surface area contributed by atoms with Crippen molar-refractivity contribution in [3.63, 3.8) is 0 Å². The van der Waals surface area contributed by atoms with E-state index in [1.54, 1.807) is 0 Å². The quantitative estimate of drug-likeness (QED) is 0.846. The maximum atomic E-state index is 9.75. The van der Waals surface area contributed by atoms with Crippen molar-refractivity contribution < 1.29 is 9.84 Å². The maximum Gasteiger partial charge on any atom is 0.123 e. The van der Waals surface area contributed by atoms with Crippen molar-refractivity contribution in [3.8, 4) is 5.75 Å². The summed E-state index contributed by atoms with van der Waals surface area (Å²) in [6.07, 6.45) is 2.02. The van der Waals surface area contributed by atoms with E-state index in [1.165, 1.54) is 12.8 Å². The molecule has 2 rings (SSSR count). The zero-order valence-corrected chi connectivity index (χ0v) is 11.5. The summed E-state index contributed by atoms with van der Waals surface area (Å²) in [6, 6.07) is 6.52. The molecule has 3 nitrogen and oxygen atoms in total. The summed E-state index contributed by atoms with van der Waals surface area (Å²) in [5.41, 5.74) is 1.08. The van der Waals surface area contributed by atoms with E-state index < -0.39 is 6.10 Å². The monoisotopic (exact) mass is 299 g/mol. The van der Waals surface area contributed by atoms with Crippen molar-refractivity contribution in [1.29, 1.82) is 0 Å². The van der Waals surface area contributed by atoms with Crippen molar-refractivity contribution in [2.45, 2.75) is 31.9 Å². The van der Waals surface area contributed by atoms with Crippen LogP contribution in [0.3, 0.4) is 0 Å². The minimum absolute atomic E-state index is 0.330. The lowest BCUT2D eigenvalue weighted by Gasteiger charge is -2.14. The Kier molecular flexibility index (Phi) is 4.42. The van der Waals surface area contributed by atoms with E-state index in [4.69, 9.17) is 4.74 Å². The second-order valence-electron chi connectivity index (χ2n) is 4.56. The fourth-order valence-electron chi connectivity index (χ4n) is 1.56. The predicted molar refractivity (Wildman–Crippen MR) is 71.4 cm³/mol. The molecule has 17 heavy (non-hydrogen) atoms. The van der Waals surface area contributed by atoms with Gasteiger partial charge in [-0.15, -0.1) is 0 Å². The van der Waals surface area contributed by atoms with E-state index in [-0.39, 0.29) is 0 Å². The van der Waals surface area contributed by atoms with Crippen LogP contribution in [0, 0.1) is 6.92 Å². The number of rotatable bonds is 6. The Morgan fingerprint density at radius 1 is 1.53 bits per heavy atom. The highest BCUT2D eigenvalue weighted by atomic mass is 79.9. The molecule has 0 radical (unpaired) electrons. The van der Waals surface area contributed by atoms with Crippen molar-refractivity contribution in [3.05, 3.63) is 28.2 Å². The van der Waals surface area contributed by atoms with Crippen LogP contribution in [0.15, 0.2) is 22.7 Å². The zero-order chi connectivity index (χ0) is 12.3. The molecule has 0 saturated heterocycles. The van der Waals surface area contributed by atoms with E-state index in [9.17, 15) is 5.11 Å². The number of nitrogens with one attached hydrogen (secondary N) is 1. The van der Waals surface area contributed by atoms with Gasteiger partial charge in [0.2, 0.25) is 0 Å². The van der Waals surface area contributed by atoms with Crippen molar-refractivity contribution in [2.24, 2.45) is 0 Å². The smallest absolute Gasteiger partial charge is 0.123 e. The second kappa shape index (κ2) is 5.85. The molecule has 1 aliphatic rings. The van der Waals surface area contributed by atoms with Crippen LogP contribution in [-0.4, -0.2) is 30.4 Å². The lowest BCUT2D eigenvalue weighted by molar-refractivity contribution is 0.106. The molecule has 0 heterocycles. The summed E-state index contributed by atoms with van der Waals surface area (Å²) in [7, 11) is 0. The molecule has 1 unspecified atom stereocenters. The topological polar surface area (TPSA) is 41.5 Å². The fourth-order valence-corrected chi connectivity index (χ4v) is 1.90. The first-order chi connectivity index (χ1) is 8.15. The number of hydrogen-bond acceptors (Lipinski definition) is 3. The van der Waals surface area contributed by atoms with E-state index in [1.807, 2.05) is 25.1 Å². The highest BCUT2D eigenvalue weighted by Gasteiger charge is 2.21. The fraction of sp³-hybridized carbons (Fsp3) is 0.538. The molecule has 0 spiro atoms. The van der Waals surface area contributed by atoms with Gasteiger partial charge in [-0.1, -0.05) is 22.0 Å². The van der Waals surface area contributed by atoms with Crippen LogP contribution in [0.2, 0.25) is 0 Å². The Hall–Kier alpha value is -0.580. The Morgan fingerprint density at radius 3 is 3.00 bits per heavy atom. The minimum Gasteiger partial charge on any atom is -0.491 e. The number of aliphatic hydroxyl groups excluding tert-OH is 1. The summed E-state index contributed by atoms with van der Waals surface area (Å²) >= 11 is 3.41. The number of benzene rings is 1. The van der Waals surface area contributed by atoms with Gasteiger partial charge < -0.3 is 15.2 Å². The normalized spacial score (nSPS) is 16.9. The summed E-state index contributed by atoms with van der Waals surface area (Å²) in [4.78, 5) is 0. The molecule has 0 aromatic heterocycles. The van der Waals surface area contributed by atoms with Gasteiger partial charge in [-0.05, 0) is 37.5 Å². The Labute approximate surface area is 110 Å². The van der Waals surface area contributed by atoms with Crippen LogP contribution in [0.5, 0.6) is 5.75 Å². The summed E-state index contributed by atoms with van der Waals surface area (Å²) in [6.45, 7) is 2.94. The van der Waals surface area contributed by atoms with Gasteiger partial charge in [0.1, 0.15) is 18.5 Å². The van der Waals surface area contributed by atoms with Crippen LogP contribution in [0.1, 0.15) is 18.4 Å². The highest BCUT2D eigenvalue weighted by Crippen LogP contribution is 2.23. The first kappa shape index (κ1) is 12.9. The molecule has 1 aliphatic carbocycles. The summed E-state index contributed by atoms with van der Waals surface area (Å²) in [5, 5.41) is 13.0. The molecular formula is C13H18BrNO2. The third-order valence-corrected chi connectivity index (χ3v) is 3.29. The standard InChI is InChI=1S/C13H18BrNO2/c1-9-2-3-10(14)6-13(9)17-8-12(16)7-15-11-4-5-11/h2-3,6,11-12,15-16H,4-5,7-8H2,1H3. The van der Waals surface area contributed by atoms with Gasteiger partial charge in [-0.25, -0.2) is 0 Å². The molecule has 1 aromatic rings. The van der Waals surface area contributed by atoms with Crippen molar-refractivity contribution in [1.82, 2.24) is 5.32 Å². The van der Waals surface area contributed by atoms with Gasteiger partial charge in [0.25, 0.3) is 0 Å². The zero-order valence-electron chi connectivity index (χ0n) is 9.95.